The van der Waals surface area contributed by atoms with Gasteiger partial charge >= 0.3 is 5.69 Å². The summed E-state index contributed by atoms with van der Waals surface area (Å²) < 4.78 is 7.66. The van der Waals surface area contributed by atoms with Gasteiger partial charge in [-0.2, -0.15) is 5.10 Å². The maximum absolute atomic E-state index is 11.5. The molecule has 1 saturated heterocycles. The van der Waals surface area contributed by atoms with Crippen molar-refractivity contribution >= 4 is 15.9 Å². The van der Waals surface area contributed by atoms with Gasteiger partial charge in [0.05, 0.1) is 24.8 Å². The normalized spacial score (nSPS) is 21.2. The van der Waals surface area contributed by atoms with Gasteiger partial charge in [0.2, 0.25) is 0 Å². The van der Waals surface area contributed by atoms with Crippen LogP contribution in [0.1, 0.15) is 48.9 Å². The Balaban J connectivity index is 1.59. The summed E-state index contributed by atoms with van der Waals surface area (Å²) in [5.41, 5.74) is 2.10. The summed E-state index contributed by atoms with van der Waals surface area (Å²) >= 11 is 3.55. The highest BCUT2D eigenvalue weighted by Gasteiger charge is 2.35. The van der Waals surface area contributed by atoms with E-state index in [9.17, 15) is 4.79 Å². The SMILES string of the molecule is CC(O[C@@H]1CCCN(Cc2n[nH]c(=O)[nH]2)[C@@H]1c1ccccc1)c1cccc(Br)c1. The Morgan fingerprint density at radius 3 is 2.79 bits per heavy atom. The minimum Gasteiger partial charge on any atom is -0.369 e. The molecule has 3 atom stereocenters. The molecule has 0 spiro atoms. The highest BCUT2D eigenvalue weighted by molar-refractivity contribution is 9.10. The van der Waals surface area contributed by atoms with Crippen LogP contribution in [0.15, 0.2) is 63.9 Å². The monoisotopic (exact) mass is 456 g/mol. The Bertz CT molecular complexity index is 987. The summed E-state index contributed by atoms with van der Waals surface area (Å²) in [6.45, 7) is 3.61. The fourth-order valence-corrected chi connectivity index (χ4v) is 4.51. The van der Waals surface area contributed by atoms with E-state index in [-0.39, 0.29) is 23.9 Å². The van der Waals surface area contributed by atoms with Gasteiger partial charge in [-0.3, -0.25) is 9.88 Å². The van der Waals surface area contributed by atoms with Crippen molar-refractivity contribution in [2.45, 2.75) is 44.6 Å². The molecule has 2 aromatic carbocycles. The first-order valence-corrected chi connectivity index (χ1v) is 10.7. The van der Waals surface area contributed by atoms with Crippen LogP contribution in [0.2, 0.25) is 0 Å². The van der Waals surface area contributed by atoms with Crippen molar-refractivity contribution < 1.29 is 4.74 Å². The number of halogens is 1. The zero-order valence-electron chi connectivity index (χ0n) is 16.3. The number of piperidine rings is 1. The first kappa shape index (κ1) is 20.1. The van der Waals surface area contributed by atoms with Crippen molar-refractivity contribution in [3.63, 3.8) is 0 Å². The molecule has 2 heterocycles. The number of nitrogens with one attached hydrogen (secondary N) is 2. The van der Waals surface area contributed by atoms with E-state index in [0.717, 1.165) is 29.4 Å². The van der Waals surface area contributed by atoms with Gasteiger partial charge in [-0.1, -0.05) is 58.4 Å². The predicted molar refractivity (Wildman–Crippen MR) is 115 cm³/mol. The third-order valence-corrected chi connectivity index (χ3v) is 5.91. The molecule has 0 saturated carbocycles. The number of ether oxygens (including phenoxy) is 1. The standard InChI is InChI=1S/C22H25BrN4O2/c1-15(17-9-5-10-18(23)13-17)29-19-11-6-12-27(14-20-24-22(28)26-25-20)21(19)16-7-3-2-4-8-16/h2-5,7-10,13,15,19,21H,6,11-12,14H2,1H3,(H2,24,25,26,28)/t15?,19-,21-/m1/s1. The third-order valence-electron chi connectivity index (χ3n) is 5.42. The molecular formula is C22H25BrN4O2. The van der Waals surface area contributed by atoms with E-state index in [4.69, 9.17) is 4.74 Å². The number of hydrogen-bond donors (Lipinski definition) is 2. The van der Waals surface area contributed by atoms with Crippen LogP contribution in [0.5, 0.6) is 0 Å². The zero-order valence-corrected chi connectivity index (χ0v) is 17.9. The maximum atomic E-state index is 11.5. The lowest BCUT2D eigenvalue weighted by Gasteiger charge is -2.42. The first-order chi connectivity index (χ1) is 14.1. The highest BCUT2D eigenvalue weighted by Crippen LogP contribution is 2.37. The molecule has 0 radical (unpaired) electrons. The number of hydrogen-bond acceptors (Lipinski definition) is 4. The molecule has 1 unspecified atom stereocenters. The lowest BCUT2D eigenvalue weighted by atomic mass is 9.92. The Kier molecular flexibility index (Phi) is 6.28. The lowest BCUT2D eigenvalue weighted by Crippen LogP contribution is -2.43. The van der Waals surface area contributed by atoms with Crippen LogP contribution in [-0.4, -0.2) is 32.7 Å². The van der Waals surface area contributed by atoms with Crippen LogP contribution in [0, 0.1) is 0 Å². The van der Waals surface area contributed by atoms with E-state index in [1.54, 1.807) is 0 Å². The third kappa shape index (κ3) is 4.86. The van der Waals surface area contributed by atoms with Crippen LogP contribution in [0.4, 0.5) is 0 Å². The highest BCUT2D eigenvalue weighted by atomic mass is 79.9. The molecule has 0 amide bonds. The predicted octanol–water partition coefficient (Wildman–Crippen LogP) is 4.34. The van der Waals surface area contributed by atoms with Crippen molar-refractivity contribution in [1.29, 1.82) is 0 Å². The maximum Gasteiger partial charge on any atom is 0.340 e. The molecule has 1 fully saturated rings. The van der Waals surface area contributed by atoms with Gasteiger partial charge in [0.15, 0.2) is 0 Å². The van der Waals surface area contributed by atoms with Crippen LogP contribution in [0.3, 0.4) is 0 Å². The molecule has 6 nitrogen and oxygen atoms in total. The quantitative estimate of drug-likeness (QED) is 0.578. The summed E-state index contributed by atoms with van der Waals surface area (Å²) in [5, 5.41) is 6.56. The second-order valence-corrected chi connectivity index (χ2v) is 8.38. The van der Waals surface area contributed by atoms with E-state index in [0.29, 0.717) is 12.4 Å². The number of aromatic nitrogens is 3. The zero-order chi connectivity index (χ0) is 20.2. The Morgan fingerprint density at radius 1 is 1.24 bits per heavy atom. The molecule has 2 N–H and O–H groups in total. The molecule has 1 aliphatic heterocycles. The van der Waals surface area contributed by atoms with Gasteiger partial charge in [0, 0.05) is 4.47 Å². The topological polar surface area (TPSA) is 74.0 Å². The average molecular weight is 457 g/mol. The van der Waals surface area contributed by atoms with Crippen molar-refractivity contribution in [2.75, 3.05) is 6.54 Å². The molecule has 7 heteroatoms. The van der Waals surface area contributed by atoms with Crippen molar-refractivity contribution in [3.8, 4) is 0 Å². The molecule has 29 heavy (non-hydrogen) atoms. The largest absolute Gasteiger partial charge is 0.369 e. The van der Waals surface area contributed by atoms with Crippen LogP contribution < -0.4 is 5.69 Å². The average Bonchev–Trinajstić information content (AvgIpc) is 3.13. The Morgan fingerprint density at radius 2 is 2.07 bits per heavy atom. The van der Waals surface area contributed by atoms with Crippen molar-refractivity contribution in [2.24, 2.45) is 0 Å². The van der Waals surface area contributed by atoms with Gasteiger partial charge in [-0.05, 0) is 49.6 Å². The van der Waals surface area contributed by atoms with Gasteiger partial charge in [-0.15, -0.1) is 0 Å². The summed E-state index contributed by atoms with van der Waals surface area (Å²) in [7, 11) is 0. The fourth-order valence-electron chi connectivity index (χ4n) is 4.10. The smallest absolute Gasteiger partial charge is 0.340 e. The van der Waals surface area contributed by atoms with Gasteiger partial charge < -0.3 is 4.74 Å². The molecule has 4 rings (SSSR count). The minimum absolute atomic E-state index is 0.0196. The number of benzene rings is 2. The van der Waals surface area contributed by atoms with Crippen LogP contribution >= 0.6 is 15.9 Å². The molecular weight excluding hydrogens is 432 g/mol. The van der Waals surface area contributed by atoms with Gasteiger partial charge in [0.25, 0.3) is 0 Å². The van der Waals surface area contributed by atoms with Crippen molar-refractivity contribution in [3.05, 3.63) is 86.5 Å². The van der Waals surface area contributed by atoms with E-state index in [1.807, 2.05) is 18.2 Å². The number of nitrogens with zero attached hydrogens (tertiary/aromatic N) is 2. The van der Waals surface area contributed by atoms with E-state index < -0.39 is 0 Å². The molecule has 1 aromatic heterocycles. The Hall–Kier alpha value is -2.22. The van der Waals surface area contributed by atoms with E-state index in [2.05, 4.69) is 79.3 Å². The van der Waals surface area contributed by atoms with E-state index >= 15 is 0 Å². The first-order valence-electron chi connectivity index (χ1n) is 9.93. The van der Waals surface area contributed by atoms with Crippen molar-refractivity contribution in [1.82, 2.24) is 20.1 Å². The van der Waals surface area contributed by atoms with Gasteiger partial charge in [-0.25, -0.2) is 9.89 Å². The Labute approximate surface area is 178 Å². The lowest BCUT2D eigenvalue weighted by molar-refractivity contribution is -0.0808. The second kappa shape index (κ2) is 9.07. The molecule has 0 bridgehead atoms. The summed E-state index contributed by atoms with van der Waals surface area (Å²) in [4.78, 5) is 16.6. The number of likely N-dealkylation sites (tertiary alicyclic amines) is 1. The van der Waals surface area contributed by atoms with Gasteiger partial charge in [0.1, 0.15) is 5.82 Å². The molecule has 152 valence electrons. The van der Waals surface area contributed by atoms with Crippen LogP contribution in [-0.2, 0) is 11.3 Å². The summed E-state index contributed by atoms with van der Waals surface area (Å²) in [6.07, 6.45) is 2.05. The van der Waals surface area contributed by atoms with E-state index in [1.165, 1.54) is 5.56 Å². The minimum atomic E-state index is -0.274. The number of rotatable bonds is 6. The number of H-pyrrole nitrogens is 2. The molecule has 0 aliphatic carbocycles. The van der Waals surface area contributed by atoms with Crippen LogP contribution in [0.25, 0.3) is 0 Å². The summed E-state index contributed by atoms with van der Waals surface area (Å²) in [6, 6.07) is 18.8. The summed E-state index contributed by atoms with van der Waals surface area (Å²) in [5.74, 6) is 0.650. The fraction of sp³-hybridized carbons (Fsp3) is 0.364. The molecule has 1 aliphatic rings. The number of aromatic amines is 2. The second-order valence-electron chi connectivity index (χ2n) is 7.46. The molecule has 3 aromatic rings.